The van der Waals surface area contributed by atoms with Gasteiger partial charge in [0, 0.05) is 11.8 Å². The molecule has 4 atom stereocenters. The highest BCUT2D eigenvalue weighted by Gasteiger charge is 2.50. The Hall–Kier alpha value is -1.02. The Bertz CT molecular complexity index is 361. The fourth-order valence-electron chi connectivity index (χ4n) is 2.85. The third-order valence-corrected chi connectivity index (χ3v) is 3.71. The Labute approximate surface area is 83.5 Å². The molecule has 1 heterocycles. The average molecular weight is 190 g/mol. The predicted molar refractivity (Wildman–Crippen MR) is 53.3 cm³/mol. The molecule has 1 aromatic rings. The van der Waals surface area contributed by atoms with Gasteiger partial charge in [0.25, 0.3) is 0 Å². The van der Waals surface area contributed by atoms with Crippen LogP contribution in [0.1, 0.15) is 18.4 Å². The normalized spacial score (nSPS) is 39.0. The Morgan fingerprint density at radius 2 is 2.14 bits per heavy atom. The number of rotatable bonds is 0. The van der Waals surface area contributed by atoms with Crippen molar-refractivity contribution < 1.29 is 9.84 Å². The summed E-state index contributed by atoms with van der Waals surface area (Å²) in [6.45, 7) is 2.79. The lowest BCUT2D eigenvalue weighted by Crippen LogP contribution is -2.52. The van der Waals surface area contributed by atoms with E-state index in [4.69, 9.17) is 4.74 Å². The summed E-state index contributed by atoms with van der Waals surface area (Å²) in [7, 11) is 0. The molecule has 2 heteroatoms. The summed E-state index contributed by atoms with van der Waals surface area (Å²) in [5.41, 5.74) is 1.28. The van der Waals surface area contributed by atoms with Crippen molar-refractivity contribution in [3.8, 4) is 5.75 Å². The molecular formula is C12H14O2. The van der Waals surface area contributed by atoms with Crippen molar-refractivity contribution in [2.75, 3.05) is 6.61 Å². The number of hydrogen-bond donors (Lipinski definition) is 1. The lowest BCUT2D eigenvalue weighted by Gasteiger charge is -2.50. The van der Waals surface area contributed by atoms with E-state index in [0.717, 1.165) is 5.75 Å². The lowest BCUT2D eigenvalue weighted by molar-refractivity contribution is -0.0851. The first-order chi connectivity index (χ1) is 6.79. The molecule has 1 N–H and O–H groups in total. The molecular weight excluding hydrogens is 176 g/mol. The summed E-state index contributed by atoms with van der Waals surface area (Å²) in [5.74, 6) is 2.22. The quantitative estimate of drug-likeness (QED) is 0.675. The molecule has 2 nitrogen and oxygen atoms in total. The number of ether oxygens (including phenoxy) is 1. The zero-order valence-corrected chi connectivity index (χ0v) is 8.18. The van der Waals surface area contributed by atoms with E-state index in [-0.39, 0.29) is 6.10 Å². The van der Waals surface area contributed by atoms with E-state index in [1.807, 2.05) is 18.2 Å². The van der Waals surface area contributed by atoms with E-state index in [2.05, 4.69) is 13.0 Å². The first kappa shape index (κ1) is 8.30. The van der Waals surface area contributed by atoms with Crippen LogP contribution in [0.3, 0.4) is 0 Å². The second kappa shape index (κ2) is 2.74. The van der Waals surface area contributed by atoms with Gasteiger partial charge < -0.3 is 9.84 Å². The van der Waals surface area contributed by atoms with Gasteiger partial charge in [-0.3, -0.25) is 0 Å². The van der Waals surface area contributed by atoms with Crippen LogP contribution >= 0.6 is 0 Å². The van der Waals surface area contributed by atoms with Crippen molar-refractivity contribution in [1.82, 2.24) is 0 Å². The van der Waals surface area contributed by atoms with E-state index in [9.17, 15) is 5.11 Å². The minimum absolute atomic E-state index is 0.173. The van der Waals surface area contributed by atoms with Gasteiger partial charge in [-0.15, -0.1) is 0 Å². The Balaban J connectivity index is 2.03. The van der Waals surface area contributed by atoms with Crippen LogP contribution in [-0.2, 0) is 0 Å². The van der Waals surface area contributed by atoms with Gasteiger partial charge in [-0.1, -0.05) is 25.1 Å². The molecule has 1 aliphatic heterocycles. The molecule has 14 heavy (non-hydrogen) atoms. The molecule has 0 aromatic heterocycles. The smallest absolute Gasteiger partial charge is 0.122 e. The molecule has 0 radical (unpaired) electrons. The highest BCUT2D eigenvalue weighted by atomic mass is 16.5. The molecule has 1 fully saturated rings. The first-order valence-corrected chi connectivity index (χ1v) is 5.19. The molecule has 0 amide bonds. The topological polar surface area (TPSA) is 29.5 Å². The number of fused-ring (bicyclic) bond motifs is 3. The van der Waals surface area contributed by atoms with Gasteiger partial charge in [-0.05, 0) is 17.5 Å². The minimum atomic E-state index is -0.173. The summed E-state index contributed by atoms with van der Waals surface area (Å²) < 4.78 is 5.62. The van der Waals surface area contributed by atoms with E-state index in [1.54, 1.807) is 0 Å². The van der Waals surface area contributed by atoms with Crippen molar-refractivity contribution in [1.29, 1.82) is 0 Å². The Kier molecular flexibility index (Phi) is 1.62. The first-order valence-electron chi connectivity index (χ1n) is 5.19. The average Bonchev–Trinajstić information content (AvgIpc) is 2.26. The SMILES string of the molecule is CC1C(O)C2COc3ccccc3C12. The molecule has 74 valence electrons. The number of aliphatic hydroxyl groups is 1. The monoisotopic (exact) mass is 190 g/mol. The van der Waals surface area contributed by atoms with Crippen LogP contribution in [-0.4, -0.2) is 17.8 Å². The maximum absolute atomic E-state index is 9.76. The van der Waals surface area contributed by atoms with Gasteiger partial charge in [0.2, 0.25) is 0 Å². The van der Waals surface area contributed by atoms with E-state index >= 15 is 0 Å². The fourth-order valence-corrected chi connectivity index (χ4v) is 2.85. The third-order valence-electron chi connectivity index (χ3n) is 3.71. The number of aliphatic hydroxyl groups excluding tert-OH is 1. The second-order valence-corrected chi connectivity index (χ2v) is 4.39. The van der Waals surface area contributed by atoms with Crippen molar-refractivity contribution in [3.63, 3.8) is 0 Å². The minimum Gasteiger partial charge on any atom is -0.493 e. The highest BCUT2D eigenvalue weighted by molar-refractivity contribution is 5.41. The molecule has 1 saturated carbocycles. The Morgan fingerprint density at radius 1 is 1.36 bits per heavy atom. The van der Waals surface area contributed by atoms with Crippen LogP contribution in [0.25, 0.3) is 0 Å². The zero-order valence-electron chi connectivity index (χ0n) is 8.18. The van der Waals surface area contributed by atoms with E-state index < -0.39 is 0 Å². The van der Waals surface area contributed by atoms with Crippen LogP contribution in [0, 0.1) is 11.8 Å². The van der Waals surface area contributed by atoms with Crippen molar-refractivity contribution in [2.24, 2.45) is 11.8 Å². The largest absolute Gasteiger partial charge is 0.493 e. The van der Waals surface area contributed by atoms with E-state index in [0.29, 0.717) is 24.4 Å². The van der Waals surface area contributed by atoms with Crippen molar-refractivity contribution in [3.05, 3.63) is 29.8 Å². The summed E-state index contributed by atoms with van der Waals surface area (Å²) in [6, 6.07) is 8.18. The van der Waals surface area contributed by atoms with Crippen molar-refractivity contribution in [2.45, 2.75) is 18.9 Å². The van der Waals surface area contributed by atoms with E-state index in [1.165, 1.54) is 5.56 Å². The molecule has 1 aromatic carbocycles. The zero-order chi connectivity index (χ0) is 9.71. The summed E-state index contributed by atoms with van der Waals surface area (Å²) in [5, 5.41) is 9.76. The molecule has 0 saturated heterocycles. The molecule has 0 bridgehead atoms. The summed E-state index contributed by atoms with van der Waals surface area (Å²) >= 11 is 0. The third kappa shape index (κ3) is 0.894. The predicted octanol–water partition coefficient (Wildman–Crippen LogP) is 1.79. The molecule has 2 aliphatic rings. The van der Waals surface area contributed by atoms with Crippen molar-refractivity contribution >= 4 is 0 Å². The molecule has 0 spiro atoms. The van der Waals surface area contributed by atoms with Gasteiger partial charge >= 0.3 is 0 Å². The van der Waals surface area contributed by atoms with Crippen LogP contribution in [0.2, 0.25) is 0 Å². The van der Waals surface area contributed by atoms with Gasteiger partial charge in [0.15, 0.2) is 0 Å². The lowest BCUT2D eigenvalue weighted by atomic mass is 9.59. The van der Waals surface area contributed by atoms with Gasteiger partial charge in [-0.2, -0.15) is 0 Å². The maximum atomic E-state index is 9.76. The van der Waals surface area contributed by atoms with Crippen LogP contribution in [0.5, 0.6) is 5.75 Å². The standard InChI is InChI=1S/C12H14O2/c1-7-11-8-4-2-3-5-10(8)14-6-9(11)12(7)13/h2-5,7,9,11-13H,6H2,1H3. The van der Waals surface area contributed by atoms with Crippen LogP contribution in [0.4, 0.5) is 0 Å². The second-order valence-electron chi connectivity index (χ2n) is 4.39. The van der Waals surface area contributed by atoms with Gasteiger partial charge in [0.1, 0.15) is 5.75 Å². The molecule has 1 aliphatic carbocycles. The maximum Gasteiger partial charge on any atom is 0.122 e. The Morgan fingerprint density at radius 3 is 3.00 bits per heavy atom. The summed E-state index contributed by atoms with van der Waals surface area (Å²) in [6.07, 6.45) is -0.173. The number of benzene rings is 1. The van der Waals surface area contributed by atoms with Crippen LogP contribution < -0.4 is 4.74 Å². The van der Waals surface area contributed by atoms with Gasteiger partial charge in [-0.25, -0.2) is 0 Å². The summed E-state index contributed by atoms with van der Waals surface area (Å²) in [4.78, 5) is 0. The van der Waals surface area contributed by atoms with Crippen LogP contribution in [0.15, 0.2) is 24.3 Å². The van der Waals surface area contributed by atoms with Gasteiger partial charge in [0.05, 0.1) is 12.7 Å². The number of hydrogen-bond acceptors (Lipinski definition) is 2. The molecule has 3 rings (SSSR count). The highest BCUT2D eigenvalue weighted by Crippen LogP contribution is 2.52. The number of para-hydroxylation sites is 1. The molecule has 4 unspecified atom stereocenters. The fraction of sp³-hybridized carbons (Fsp3) is 0.500.